The van der Waals surface area contributed by atoms with Crippen LogP contribution in [0.25, 0.3) is 0 Å². The van der Waals surface area contributed by atoms with Gasteiger partial charge >= 0.3 is 0 Å². The van der Waals surface area contributed by atoms with E-state index in [0.717, 1.165) is 16.7 Å². The highest BCUT2D eigenvalue weighted by atomic mass is 16.5. The zero-order chi connectivity index (χ0) is 15.2. The van der Waals surface area contributed by atoms with Crippen molar-refractivity contribution in [2.75, 3.05) is 21.3 Å². The maximum absolute atomic E-state index is 10.5. The molecule has 0 heterocycles. The number of methoxy groups -OCH3 is 3. The van der Waals surface area contributed by atoms with Crippen molar-refractivity contribution in [3.05, 3.63) is 59.2 Å². The van der Waals surface area contributed by atoms with Crippen molar-refractivity contribution in [3.63, 3.8) is 0 Å². The number of benzene rings is 2. The first-order valence-electron chi connectivity index (χ1n) is 6.67. The van der Waals surface area contributed by atoms with E-state index in [9.17, 15) is 5.11 Å². The third-order valence-electron chi connectivity index (χ3n) is 3.33. The predicted octanol–water partition coefficient (Wildman–Crippen LogP) is 2.93. The molecule has 0 aliphatic carbocycles. The van der Waals surface area contributed by atoms with Gasteiger partial charge in [0.2, 0.25) is 0 Å². The highest BCUT2D eigenvalue weighted by Crippen LogP contribution is 2.32. The second-order valence-electron chi connectivity index (χ2n) is 4.69. The number of rotatable bonds is 6. The molecule has 2 rings (SSSR count). The molecule has 0 fully saturated rings. The Kier molecular flexibility index (Phi) is 5.20. The Hall–Kier alpha value is -2.04. The topological polar surface area (TPSA) is 47.9 Å². The molecule has 0 saturated heterocycles. The van der Waals surface area contributed by atoms with Gasteiger partial charge in [-0.15, -0.1) is 0 Å². The van der Waals surface area contributed by atoms with Gasteiger partial charge in [0.25, 0.3) is 0 Å². The molecule has 21 heavy (non-hydrogen) atoms. The molecule has 1 N–H and O–H groups in total. The average molecular weight is 288 g/mol. The largest absolute Gasteiger partial charge is 0.493 e. The van der Waals surface area contributed by atoms with E-state index in [0.29, 0.717) is 18.1 Å². The third-order valence-corrected chi connectivity index (χ3v) is 3.33. The second-order valence-corrected chi connectivity index (χ2v) is 4.69. The minimum Gasteiger partial charge on any atom is -0.493 e. The fourth-order valence-electron chi connectivity index (χ4n) is 2.18. The molecule has 112 valence electrons. The third kappa shape index (κ3) is 3.54. The number of hydrogen-bond acceptors (Lipinski definition) is 4. The van der Waals surface area contributed by atoms with Crippen LogP contribution in [0.4, 0.5) is 0 Å². The first-order chi connectivity index (χ1) is 10.2. The van der Waals surface area contributed by atoms with Crippen molar-refractivity contribution < 1.29 is 19.3 Å². The molecule has 0 spiro atoms. The lowest BCUT2D eigenvalue weighted by Gasteiger charge is -2.15. The molecule has 0 aromatic heterocycles. The quantitative estimate of drug-likeness (QED) is 0.888. The summed E-state index contributed by atoms with van der Waals surface area (Å²) in [4.78, 5) is 0. The number of ether oxygens (including phenoxy) is 3. The summed E-state index contributed by atoms with van der Waals surface area (Å²) in [5.41, 5.74) is 2.65. The number of aliphatic hydroxyl groups excluding tert-OH is 1. The lowest BCUT2D eigenvalue weighted by molar-refractivity contribution is 0.184. The lowest BCUT2D eigenvalue weighted by Crippen LogP contribution is -2.01. The molecule has 0 aliphatic heterocycles. The molecule has 2 aromatic carbocycles. The Morgan fingerprint density at radius 3 is 2.05 bits per heavy atom. The summed E-state index contributed by atoms with van der Waals surface area (Å²) in [5, 5.41) is 10.5. The molecular formula is C17H20O4. The summed E-state index contributed by atoms with van der Waals surface area (Å²) in [6.07, 6.45) is -0.707. The van der Waals surface area contributed by atoms with Crippen LogP contribution in [-0.2, 0) is 11.3 Å². The van der Waals surface area contributed by atoms with Gasteiger partial charge in [-0.2, -0.15) is 0 Å². The van der Waals surface area contributed by atoms with Crippen LogP contribution in [0.5, 0.6) is 11.5 Å². The summed E-state index contributed by atoms with van der Waals surface area (Å²) in [6.45, 7) is 0.562. The summed E-state index contributed by atoms with van der Waals surface area (Å²) >= 11 is 0. The van der Waals surface area contributed by atoms with Gasteiger partial charge in [-0.05, 0) is 28.8 Å². The summed E-state index contributed by atoms with van der Waals surface area (Å²) in [5.74, 6) is 1.24. The molecule has 0 radical (unpaired) electrons. The fraction of sp³-hybridized carbons (Fsp3) is 0.294. The van der Waals surface area contributed by atoms with Crippen molar-refractivity contribution in [1.82, 2.24) is 0 Å². The first kappa shape index (κ1) is 15.4. The van der Waals surface area contributed by atoms with Crippen LogP contribution in [0.3, 0.4) is 0 Å². The van der Waals surface area contributed by atoms with Gasteiger partial charge in [0.05, 0.1) is 20.8 Å². The minimum absolute atomic E-state index is 0.562. The van der Waals surface area contributed by atoms with Gasteiger partial charge in [0.1, 0.15) is 6.10 Å². The molecule has 0 aliphatic rings. The zero-order valence-corrected chi connectivity index (χ0v) is 12.5. The normalized spacial score (nSPS) is 12.0. The van der Waals surface area contributed by atoms with E-state index in [-0.39, 0.29) is 0 Å². The Morgan fingerprint density at radius 1 is 0.857 bits per heavy atom. The molecular weight excluding hydrogens is 268 g/mol. The molecule has 0 saturated carbocycles. The van der Waals surface area contributed by atoms with Crippen molar-refractivity contribution in [2.24, 2.45) is 0 Å². The van der Waals surface area contributed by atoms with Gasteiger partial charge in [0.15, 0.2) is 11.5 Å². The molecule has 0 bridgehead atoms. The van der Waals surface area contributed by atoms with Crippen LogP contribution in [0, 0.1) is 0 Å². The highest BCUT2D eigenvalue weighted by Gasteiger charge is 2.13. The van der Waals surface area contributed by atoms with Gasteiger partial charge in [0, 0.05) is 7.11 Å². The zero-order valence-electron chi connectivity index (χ0n) is 12.5. The Morgan fingerprint density at radius 2 is 1.48 bits per heavy atom. The Balaban J connectivity index is 2.24. The Bertz CT molecular complexity index is 578. The fourth-order valence-corrected chi connectivity index (χ4v) is 2.18. The summed E-state index contributed by atoms with van der Waals surface area (Å²) < 4.78 is 15.5. The monoisotopic (exact) mass is 288 g/mol. The predicted molar refractivity (Wildman–Crippen MR) is 80.8 cm³/mol. The highest BCUT2D eigenvalue weighted by molar-refractivity contribution is 5.45. The van der Waals surface area contributed by atoms with Crippen LogP contribution >= 0.6 is 0 Å². The SMILES string of the molecule is COCc1ccc(C(O)c2ccc(OC)c(OC)c2)cc1. The first-order valence-corrected chi connectivity index (χ1v) is 6.67. The molecule has 0 amide bonds. The molecule has 1 unspecified atom stereocenters. The van der Waals surface area contributed by atoms with Crippen LogP contribution in [0.15, 0.2) is 42.5 Å². The number of aliphatic hydroxyl groups is 1. The summed E-state index contributed by atoms with van der Waals surface area (Å²) in [7, 11) is 4.82. The van der Waals surface area contributed by atoms with E-state index in [1.807, 2.05) is 30.3 Å². The molecule has 4 nitrogen and oxygen atoms in total. The van der Waals surface area contributed by atoms with E-state index in [4.69, 9.17) is 14.2 Å². The van der Waals surface area contributed by atoms with E-state index in [2.05, 4.69) is 0 Å². The van der Waals surface area contributed by atoms with Crippen LogP contribution in [0.1, 0.15) is 22.8 Å². The Labute approximate surface area is 124 Å². The van der Waals surface area contributed by atoms with Gasteiger partial charge in [-0.25, -0.2) is 0 Å². The van der Waals surface area contributed by atoms with Crippen LogP contribution in [-0.4, -0.2) is 26.4 Å². The van der Waals surface area contributed by atoms with E-state index in [1.54, 1.807) is 33.5 Å². The minimum atomic E-state index is -0.707. The van der Waals surface area contributed by atoms with E-state index >= 15 is 0 Å². The van der Waals surface area contributed by atoms with Crippen molar-refractivity contribution >= 4 is 0 Å². The number of hydrogen-bond donors (Lipinski definition) is 1. The molecule has 1 atom stereocenters. The standard InChI is InChI=1S/C17H20O4/c1-19-11-12-4-6-13(7-5-12)17(18)14-8-9-15(20-2)16(10-14)21-3/h4-10,17-18H,11H2,1-3H3. The lowest BCUT2D eigenvalue weighted by atomic mass is 10.00. The van der Waals surface area contributed by atoms with Crippen LogP contribution in [0.2, 0.25) is 0 Å². The van der Waals surface area contributed by atoms with Crippen molar-refractivity contribution in [3.8, 4) is 11.5 Å². The van der Waals surface area contributed by atoms with Crippen LogP contribution < -0.4 is 9.47 Å². The van der Waals surface area contributed by atoms with E-state index in [1.165, 1.54) is 0 Å². The van der Waals surface area contributed by atoms with Gasteiger partial charge < -0.3 is 19.3 Å². The maximum Gasteiger partial charge on any atom is 0.161 e. The average Bonchev–Trinajstić information content (AvgIpc) is 2.54. The molecule has 2 aromatic rings. The summed E-state index contributed by atoms with van der Waals surface area (Å²) in [6, 6.07) is 13.1. The van der Waals surface area contributed by atoms with Crippen molar-refractivity contribution in [1.29, 1.82) is 0 Å². The van der Waals surface area contributed by atoms with Gasteiger partial charge in [-0.3, -0.25) is 0 Å². The van der Waals surface area contributed by atoms with Gasteiger partial charge in [-0.1, -0.05) is 30.3 Å². The maximum atomic E-state index is 10.5. The smallest absolute Gasteiger partial charge is 0.161 e. The van der Waals surface area contributed by atoms with Crippen molar-refractivity contribution in [2.45, 2.75) is 12.7 Å². The molecule has 4 heteroatoms. The van der Waals surface area contributed by atoms with E-state index < -0.39 is 6.10 Å². The second kappa shape index (κ2) is 7.11.